The van der Waals surface area contributed by atoms with Crippen molar-refractivity contribution in [2.24, 2.45) is 0 Å². The highest BCUT2D eigenvalue weighted by molar-refractivity contribution is 6.31. The van der Waals surface area contributed by atoms with Gasteiger partial charge >= 0.3 is 0 Å². The molecule has 0 radical (unpaired) electrons. The number of nitrogens with one attached hydrogen (secondary N) is 1. The predicted molar refractivity (Wildman–Crippen MR) is 120 cm³/mol. The van der Waals surface area contributed by atoms with Gasteiger partial charge in [0.1, 0.15) is 11.6 Å². The molecule has 7 nitrogen and oxygen atoms in total. The van der Waals surface area contributed by atoms with E-state index in [4.69, 9.17) is 21.1 Å². The summed E-state index contributed by atoms with van der Waals surface area (Å²) in [7, 11) is 1.50. The topological polar surface area (TPSA) is 78.3 Å². The van der Waals surface area contributed by atoms with E-state index >= 15 is 0 Å². The number of fused-ring (bicyclic) bond motifs is 1. The number of hydrogen-bond donors (Lipinski definition) is 1. The second-order valence-electron chi connectivity index (χ2n) is 7.13. The van der Waals surface area contributed by atoms with Crippen LogP contribution in [0.4, 0.5) is 10.1 Å². The minimum Gasteiger partial charge on any atom is -0.495 e. The molecule has 2 aromatic heterocycles. The molecule has 0 saturated heterocycles. The van der Waals surface area contributed by atoms with Crippen molar-refractivity contribution >= 4 is 34.2 Å². The summed E-state index contributed by atoms with van der Waals surface area (Å²) < 4.78 is 26.2. The van der Waals surface area contributed by atoms with Crippen LogP contribution in [0.3, 0.4) is 0 Å². The summed E-state index contributed by atoms with van der Waals surface area (Å²) >= 11 is 6.00. The highest BCUT2D eigenvalue weighted by atomic mass is 35.5. The summed E-state index contributed by atoms with van der Waals surface area (Å²) in [4.78, 5) is 16.9. The second-order valence-corrected chi connectivity index (χ2v) is 7.57. The number of halogens is 2. The lowest BCUT2D eigenvalue weighted by molar-refractivity contribution is -0.118. The molecular weight excluding hydrogens is 435 g/mol. The fourth-order valence-corrected chi connectivity index (χ4v) is 3.61. The Hall–Kier alpha value is -3.65. The van der Waals surface area contributed by atoms with Gasteiger partial charge < -0.3 is 14.8 Å². The van der Waals surface area contributed by atoms with E-state index in [9.17, 15) is 9.18 Å². The first-order valence-corrected chi connectivity index (χ1v) is 10.1. The maximum atomic E-state index is 13.7. The van der Waals surface area contributed by atoms with Crippen LogP contribution in [0.5, 0.6) is 11.6 Å². The standard InChI is InChI=1S/C23H20ClFN4O3/c1-13-9-21(32-12-20(30)26-18-10-15(24)7-8-19(18)31-3)27-23-22(13)14(2)28-29(23)17-6-4-5-16(25)11-17/h4-11H,12H2,1-3H3,(H,26,30). The van der Waals surface area contributed by atoms with Crippen molar-refractivity contribution in [3.63, 3.8) is 0 Å². The molecule has 0 spiro atoms. The molecule has 2 heterocycles. The average Bonchev–Trinajstić information content (AvgIpc) is 3.09. The van der Waals surface area contributed by atoms with E-state index < -0.39 is 5.91 Å². The summed E-state index contributed by atoms with van der Waals surface area (Å²) in [5.74, 6) is -0.0469. The molecule has 164 valence electrons. The van der Waals surface area contributed by atoms with Gasteiger partial charge in [-0.1, -0.05) is 17.7 Å². The van der Waals surface area contributed by atoms with E-state index in [-0.39, 0.29) is 18.3 Å². The lowest BCUT2D eigenvalue weighted by atomic mass is 10.2. The fraction of sp³-hybridized carbons (Fsp3) is 0.174. The normalized spacial score (nSPS) is 10.9. The zero-order valence-electron chi connectivity index (χ0n) is 17.6. The van der Waals surface area contributed by atoms with Crippen molar-refractivity contribution in [3.8, 4) is 17.3 Å². The number of nitrogens with zero attached hydrogens (tertiary/aromatic N) is 3. The first-order chi connectivity index (χ1) is 15.4. The maximum Gasteiger partial charge on any atom is 0.262 e. The van der Waals surface area contributed by atoms with E-state index in [1.54, 1.807) is 41.1 Å². The smallest absolute Gasteiger partial charge is 0.262 e. The van der Waals surface area contributed by atoms with Crippen LogP contribution in [0.15, 0.2) is 48.5 Å². The van der Waals surface area contributed by atoms with Crippen molar-refractivity contribution < 1.29 is 18.7 Å². The summed E-state index contributed by atoms with van der Waals surface area (Å²) in [6.07, 6.45) is 0. The van der Waals surface area contributed by atoms with Gasteiger partial charge in [0.15, 0.2) is 12.3 Å². The molecule has 0 bridgehead atoms. The van der Waals surface area contributed by atoms with Crippen molar-refractivity contribution in [1.82, 2.24) is 14.8 Å². The highest BCUT2D eigenvalue weighted by Gasteiger charge is 2.16. The molecule has 32 heavy (non-hydrogen) atoms. The molecule has 1 amide bonds. The lowest BCUT2D eigenvalue weighted by Crippen LogP contribution is -2.21. The predicted octanol–water partition coefficient (Wildman–Crippen LogP) is 4.86. The minimum absolute atomic E-state index is 0.251. The summed E-state index contributed by atoms with van der Waals surface area (Å²) in [6, 6.07) is 12.7. The lowest BCUT2D eigenvalue weighted by Gasteiger charge is -2.11. The molecule has 4 rings (SSSR count). The number of hydrogen-bond acceptors (Lipinski definition) is 5. The molecule has 0 aliphatic heterocycles. The molecule has 0 atom stereocenters. The van der Waals surface area contributed by atoms with Crippen LogP contribution in [0.2, 0.25) is 5.02 Å². The quantitative estimate of drug-likeness (QED) is 0.450. The Kier molecular flexibility index (Phi) is 5.96. The van der Waals surface area contributed by atoms with Gasteiger partial charge in [-0.15, -0.1) is 0 Å². The van der Waals surface area contributed by atoms with Crippen LogP contribution >= 0.6 is 11.6 Å². The second kappa shape index (κ2) is 8.84. The third-order valence-corrected chi connectivity index (χ3v) is 5.06. The zero-order valence-corrected chi connectivity index (χ0v) is 18.4. The number of ether oxygens (including phenoxy) is 2. The Bertz CT molecular complexity index is 1320. The molecule has 0 fully saturated rings. The molecule has 1 N–H and O–H groups in total. The molecular formula is C23H20ClFN4O3. The number of carbonyl (C=O) groups is 1. The number of amides is 1. The fourth-order valence-electron chi connectivity index (χ4n) is 3.44. The summed E-state index contributed by atoms with van der Waals surface area (Å²) in [5.41, 5.74) is 3.12. The Labute approximate surface area is 188 Å². The van der Waals surface area contributed by atoms with E-state index in [1.807, 2.05) is 13.8 Å². The molecule has 0 unspecified atom stereocenters. The van der Waals surface area contributed by atoms with Crippen molar-refractivity contribution in [1.29, 1.82) is 0 Å². The zero-order chi connectivity index (χ0) is 22.8. The van der Waals surface area contributed by atoms with Gasteiger partial charge in [-0.25, -0.2) is 9.07 Å². The van der Waals surface area contributed by atoms with E-state index in [0.29, 0.717) is 27.8 Å². The summed E-state index contributed by atoms with van der Waals surface area (Å²) in [5, 5.41) is 8.53. The third-order valence-electron chi connectivity index (χ3n) is 4.83. The van der Waals surface area contributed by atoms with Crippen LogP contribution in [-0.4, -0.2) is 34.4 Å². The average molecular weight is 455 g/mol. The number of anilines is 1. The minimum atomic E-state index is -0.403. The van der Waals surface area contributed by atoms with E-state index in [2.05, 4.69) is 15.4 Å². The number of carbonyl (C=O) groups excluding carboxylic acids is 1. The van der Waals surface area contributed by atoms with Crippen molar-refractivity contribution in [2.45, 2.75) is 13.8 Å². The Morgan fingerprint density at radius 2 is 2.00 bits per heavy atom. The maximum absolute atomic E-state index is 13.7. The highest BCUT2D eigenvalue weighted by Crippen LogP contribution is 2.28. The Balaban J connectivity index is 1.58. The molecule has 0 saturated carbocycles. The summed E-state index contributed by atoms with van der Waals surface area (Å²) in [6.45, 7) is 3.48. The molecule has 0 aliphatic carbocycles. The first kappa shape index (κ1) is 21.6. The van der Waals surface area contributed by atoms with Gasteiger partial charge in [0.25, 0.3) is 5.91 Å². The van der Waals surface area contributed by atoms with E-state index in [1.165, 1.54) is 19.2 Å². The van der Waals surface area contributed by atoms with Gasteiger partial charge in [-0.2, -0.15) is 10.1 Å². The Morgan fingerprint density at radius 1 is 1.19 bits per heavy atom. The number of rotatable bonds is 6. The molecule has 9 heteroatoms. The number of benzene rings is 2. The first-order valence-electron chi connectivity index (χ1n) is 9.75. The van der Waals surface area contributed by atoms with Gasteiger partial charge in [0, 0.05) is 16.5 Å². The van der Waals surface area contributed by atoms with Crippen molar-refractivity contribution in [2.75, 3.05) is 19.0 Å². The van der Waals surface area contributed by atoms with Crippen LogP contribution in [0.25, 0.3) is 16.7 Å². The largest absolute Gasteiger partial charge is 0.495 e. The van der Waals surface area contributed by atoms with Crippen LogP contribution in [0.1, 0.15) is 11.3 Å². The molecule has 2 aromatic carbocycles. The van der Waals surface area contributed by atoms with E-state index in [0.717, 1.165) is 16.6 Å². The van der Waals surface area contributed by atoms with Gasteiger partial charge in [-0.05, 0) is 55.8 Å². The monoisotopic (exact) mass is 454 g/mol. The number of aryl methyl sites for hydroxylation is 2. The van der Waals surface area contributed by atoms with Gasteiger partial charge in [-0.3, -0.25) is 4.79 Å². The molecule has 4 aromatic rings. The number of pyridine rings is 1. The van der Waals surface area contributed by atoms with Gasteiger partial charge in [0.2, 0.25) is 5.88 Å². The van der Waals surface area contributed by atoms with Crippen molar-refractivity contribution in [3.05, 3.63) is 70.6 Å². The van der Waals surface area contributed by atoms with Crippen LogP contribution in [0, 0.1) is 19.7 Å². The van der Waals surface area contributed by atoms with Gasteiger partial charge in [0.05, 0.1) is 24.2 Å². The SMILES string of the molecule is COc1ccc(Cl)cc1NC(=O)COc1cc(C)c2c(C)nn(-c3cccc(F)c3)c2n1. The third kappa shape index (κ3) is 4.36. The Morgan fingerprint density at radius 3 is 2.75 bits per heavy atom. The number of methoxy groups -OCH3 is 1. The number of aromatic nitrogens is 3. The van der Waals surface area contributed by atoms with Crippen LogP contribution in [-0.2, 0) is 4.79 Å². The molecule has 0 aliphatic rings. The van der Waals surface area contributed by atoms with Crippen LogP contribution < -0.4 is 14.8 Å².